The highest BCUT2D eigenvalue weighted by molar-refractivity contribution is 6.33. The van der Waals surface area contributed by atoms with Gasteiger partial charge in [-0.2, -0.15) is 28.2 Å². The number of benzene rings is 1. The number of hydrogen-bond acceptors (Lipinski definition) is 11. The molecule has 4 aromatic rings. The first-order chi connectivity index (χ1) is 28.4. The van der Waals surface area contributed by atoms with Crippen molar-refractivity contribution in [2.75, 3.05) is 65.8 Å². The van der Waals surface area contributed by atoms with Crippen molar-refractivity contribution in [1.29, 1.82) is 0 Å². The van der Waals surface area contributed by atoms with Gasteiger partial charge in [0.2, 0.25) is 5.88 Å². The lowest BCUT2D eigenvalue weighted by Crippen LogP contribution is -2.46. The Bertz CT molecular complexity index is 2160. The van der Waals surface area contributed by atoms with Crippen molar-refractivity contribution in [2.45, 2.75) is 88.0 Å². The maximum absolute atomic E-state index is 17.2. The van der Waals surface area contributed by atoms with Crippen LogP contribution in [-0.2, 0) is 20.6 Å². The van der Waals surface area contributed by atoms with E-state index in [1.165, 1.54) is 11.1 Å². The number of amides is 1. The van der Waals surface area contributed by atoms with Crippen LogP contribution >= 0.6 is 11.6 Å². The topological polar surface area (TPSA) is 146 Å². The van der Waals surface area contributed by atoms with Crippen molar-refractivity contribution in [1.82, 2.24) is 34.5 Å². The van der Waals surface area contributed by atoms with Crippen molar-refractivity contribution in [3.63, 3.8) is 0 Å². The molecule has 4 aliphatic heterocycles. The van der Waals surface area contributed by atoms with Gasteiger partial charge in [0.1, 0.15) is 24.0 Å². The summed E-state index contributed by atoms with van der Waals surface area (Å²) in [5.41, 5.74) is 0.293. The molecule has 14 nitrogen and oxygen atoms in total. The van der Waals surface area contributed by atoms with Crippen molar-refractivity contribution >= 4 is 39.5 Å². The largest absolute Gasteiger partial charge is 0.467 e. The number of ether oxygens (including phenoxy) is 5. The van der Waals surface area contributed by atoms with Gasteiger partial charge in [0.15, 0.2) is 18.7 Å². The van der Waals surface area contributed by atoms with E-state index in [9.17, 15) is 27.5 Å². The van der Waals surface area contributed by atoms with E-state index in [1.54, 1.807) is 16.9 Å². The number of morpholine rings is 1. The minimum Gasteiger partial charge on any atom is -0.467 e. The molecule has 0 saturated carbocycles. The quantitative estimate of drug-likeness (QED) is 0.102. The third-order valence-corrected chi connectivity index (χ3v) is 11.9. The summed E-state index contributed by atoms with van der Waals surface area (Å²) in [5.74, 6) is -1.53. The van der Waals surface area contributed by atoms with Crippen molar-refractivity contribution < 1.29 is 55.5 Å². The molecule has 4 fully saturated rings. The molecule has 3 aromatic heterocycles. The number of nitrogens with zero attached hydrogens (tertiary/aromatic N) is 7. The van der Waals surface area contributed by atoms with Crippen molar-refractivity contribution in [3.8, 4) is 23.1 Å². The van der Waals surface area contributed by atoms with Gasteiger partial charge in [0.05, 0.1) is 48.5 Å². The van der Waals surface area contributed by atoms with Crippen LogP contribution in [0.2, 0.25) is 5.02 Å². The molecular weight excluding hydrogens is 809 g/mol. The van der Waals surface area contributed by atoms with Crippen LogP contribution in [0.1, 0.15) is 63.2 Å². The fraction of sp³-hybridized carbons (Fsp3) is 0.615. The first-order valence-corrected chi connectivity index (χ1v) is 20.3. The van der Waals surface area contributed by atoms with Crippen LogP contribution in [0.25, 0.3) is 33.1 Å². The van der Waals surface area contributed by atoms with Crippen molar-refractivity contribution in [3.05, 3.63) is 34.9 Å². The van der Waals surface area contributed by atoms with Crippen LogP contribution in [0.3, 0.4) is 0 Å². The molecule has 59 heavy (non-hydrogen) atoms. The highest BCUT2D eigenvalue weighted by atomic mass is 35.5. The van der Waals surface area contributed by atoms with E-state index in [-0.39, 0.29) is 68.3 Å². The highest BCUT2D eigenvalue weighted by Gasteiger charge is 2.49. The molecule has 1 amide bonds. The standard InChI is InChI=1S/C39H45ClF5N7O7/c40-28-14-29-26(17-47-52(29)30-7-2-4-12-57-30)31(25(28)6-1-3-11-55-20-24-19-50(37(53)54)10-13-56-24)34-32(42)33-27(16-46-34)35(58-22-39(43,44)45)49-36(48-33)59-21-38-8-5-9-51(38)18-23(41)15-38/h14,16-17,23-24,30H,1-13,15,18-22H2,(H,53,54)/t23-,24-,30?,38+/m1/s1. The first-order valence-electron chi connectivity index (χ1n) is 19.9. The molecule has 0 radical (unpaired) electrons. The predicted molar refractivity (Wildman–Crippen MR) is 203 cm³/mol. The van der Waals surface area contributed by atoms with Gasteiger partial charge in [-0.05, 0) is 69.5 Å². The Morgan fingerprint density at radius 2 is 1.92 bits per heavy atom. The molecule has 4 saturated heterocycles. The van der Waals surface area contributed by atoms with Gasteiger partial charge in [0.25, 0.3) is 0 Å². The Labute approximate surface area is 340 Å². The summed E-state index contributed by atoms with van der Waals surface area (Å²) in [7, 11) is 0. The number of pyridine rings is 1. The third-order valence-electron chi connectivity index (χ3n) is 11.5. The summed E-state index contributed by atoms with van der Waals surface area (Å²) in [6.45, 7) is 1.09. The molecule has 4 atom stereocenters. The lowest BCUT2D eigenvalue weighted by molar-refractivity contribution is -0.153. The molecule has 4 aliphatic rings. The molecule has 1 aromatic carbocycles. The van der Waals surface area contributed by atoms with Gasteiger partial charge in [-0.15, -0.1) is 0 Å². The zero-order valence-corrected chi connectivity index (χ0v) is 33.0. The molecule has 1 N–H and O–H groups in total. The van der Waals surface area contributed by atoms with Crippen LogP contribution in [0, 0.1) is 5.82 Å². The number of carboxylic acid groups (broad SMARTS) is 1. The van der Waals surface area contributed by atoms with E-state index >= 15 is 4.39 Å². The third kappa shape index (κ3) is 8.99. The molecule has 1 unspecified atom stereocenters. The normalized spacial score (nSPS) is 24.0. The van der Waals surface area contributed by atoms with Crippen LogP contribution < -0.4 is 9.47 Å². The Kier molecular flexibility index (Phi) is 12.3. The summed E-state index contributed by atoms with van der Waals surface area (Å²) < 4.78 is 102. The van der Waals surface area contributed by atoms with Gasteiger partial charge >= 0.3 is 18.3 Å². The molecule has 7 heterocycles. The predicted octanol–water partition coefficient (Wildman–Crippen LogP) is 7.15. The van der Waals surface area contributed by atoms with E-state index in [4.69, 9.17) is 35.3 Å². The summed E-state index contributed by atoms with van der Waals surface area (Å²) in [4.78, 5) is 27.6. The minimum absolute atomic E-state index is 0.0448. The zero-order chi connectivity index (χ0) is 41.3. The number of unbranched alkanes of at least 4 members (excludes halogenated alkanes) is 1. The van der Waals surface area contributed by atoms with Crippen LogP contribution in [0.5, 0.6) is 11.9 Å². The number of halogens is 6. The SMILES string of the molecule is O=C(O)N1CCO[C@@H](COCCCCc2c(Cl)cc3c(cnn3C3CCCCO3)c2-c2ncc3c(OCC(F)(F)F)nc(OC[C@@]45CCCN4C[C@H](F)C5)nc3c2F)C1. The Balaban J connectivity index is 1.12. The fourth-order valence-corrected chi connectivity index (χ4v) is 9.02. The Hall–Kier alpha value is -4.17. The zero-order valence-electron chi connectivity index (χ0n) is 32.2. The summed E-state index contributed by atoms with van der Waals surface area (Å²) in [6.07, 6.45) is 0.945. The number of carbonyl (C=O) groups is 1. The van der Waals surface area contributed by atoms with Gasteiger partial charge in [-0.1, -0.05) is 11.6 Å². The second-order valence-electron chi connectivity index (χ2n) is 15.6. The number of alkyl halides is 4. The maximum atomic E-state index is 17.2. The molecule has 20 heteroatoms. The van der Waals surface area contributed by atoms with E-state index in [2.05, 4.69) is 20.1 Å². The molecule has 8 rings (SSSR count). The van der Waals surface area contributed by atoms with Crippen LogP contribution in [-0.4, -0.2) is 136 Å². The second-order valence-corrected chi connectivity index (χ2v) is 16.0. The van der Waals surface area contributed by atoms with Crippen LogP contribution in [0.4, 0.5) is 26.7 Å². The van der Waals surface area contributed by atoms with E-state index in [1.807, 2.05) is 4.90 Å². The summed E-state index contributed by atoms with van der Waals surface area (Å²) in [6, 6.07) is 1.35. The molecular formula is C39H45ClF5N7O7. The highest BCUT2D eigenvalue weighted by Crippen LogP contribution is 2.43. The average molecular weight is 854 g/mol. The first kappa shape index (κ1) is 41.6. The fourth-order valence-electron chi connectivity index (χ4n) is 8.73. The lowest BCUT2D eigenvalue weighted by atomic mass is 9.95. The Morgan fingerprint density at radius 3 is 2.71 bits per heavy atom. The van der Waals surface area contributed by atoms with Crippen LogP contribution in [0.15, 0.2) is 18.5 Å². The van der Waals surface area contributed by atoms with Crippen molar-refractivity contribution in [2.24, 2.45) is 0 Å². The molecule has 0 spiro atoms. The van der Waals surface area contributed by atoms with E-state index in [0.717, 1.165) is 19.3 Å². The maximum Gasteiger partial charge on any atom is 0.422 e. The van der Waals surface area contributed by atoms with Gasteiger partial charge in [0, 0.05) is 54.9 Å². The molecule has 320 valence electrons. The van der Waals surface area contributed by atoms with Gasteiger partial charge in [-0.3, -0.25) is 9.88 Å². The number of hydrogen-bond donors (Lipinski definition) is 1. The van der Waals surface area contributed by atoms with Gasteiger partial charge < -0.3 is 33.7 Å². The van der Waals surface area contributed by atoms with E-state index in [0.29, 0.717) is 85.5 Å². The number of fused-ring (bicyclic) bond motifs is 3. The van der Waals surface area contributed by atoms with Gasteiger partial charge in [-0.25, -0.2) is 18.3 Å². The second kappa shape index (κ2) is 17.4. The molecule has 0 aliphatic carbocycles. The molecule has 0 bridgehead atoms. The number of rotatable bonds is 14. The minimum atomic E-state index is -4.73. The summed E-state index contributed by atoms with van der Waals surface area (Å²) in [5, 5.41) is 14.6. The monoisotopic (exact) mass is 853 g/mol. The average Bonchev–Trinajstić information content (AvgIpc) is 3.90. The number of aromatic nitrogens is 5. The Morgan fingerprint density at radius 1 is 1.05 bits per heavy atom. The lowest BCUT2D eigenvalue weighted by Gasteiger charge is -2.30. The smallest absolute Gasteiger partial charge is 0.422 e. The summed E-state index contributed by atoms with van der Waals surface area (Å²) >= 11 is 7.03. The van der Waals surface area contributed by atoms with E-state index < -0.39 is 48.3 Å².